The molecule has 12 heavy (non-hydrogen) atoms. The lowest BCUT2D eigenvalue weighted by molar-refractivity contribution is 0.0561. The van der Waals surface area contributed by atoms with Crippen LogP contribution in [0, 0.1) is 0 Å². The molecule has 2 rings (SSSR count). The van der Waals surface area contributed by atoms with E-state index < -0.39 is 6.41 Å². The molecule has 0 saturated carbocycles. The Morgan fingerprint density at radius 3 is 2.83 bits per heavy atom. The van der Waals surface area contributed by atoms with Crippen LogP contribution >= 0.6 is 0 Å². The van der Waals surface area contributed by atoms with Gasteiger partial charge in [0.15, 0.2) is 11.5 Å². The molecule has 2 N–H and O–H groups in total. The summed E-state index contributed by atoms with van der Waals surface area (Å²) >= 11 is 0. The summed E-state index contributed by atoms with van der Waals surface area (Å²) in [5.41, 5.74) is 5.89. The van der Waals surface area contributed by atoms with Crippen LogP contribution in [0.1, 0.15) is 10.4 Å². The topological polar surface area (TPSA) is 61.5 Å². The minimum Gasteiger partial charge on any atom is -0.438 e. The van der Waals surface area contributed by atoms with E-state index in [1.54, 1.807) is 18.2 Å². The number of nitrogens with two attached hydrogens (primary N) is 1. The molecule has 1 aromatic rings. The molecule has 1 heterocycles. The molecule has 0 saturated heterocycles. The van der Waals surface area contributed by atoms with Gasteiger partial charge in [0.05, 0.1) is 0 Å². The quantitative estimate of drug-likeness (QED) is 0.616. The van der Waals surface area contributed by atoms with E-state index in [2.05, 4.69) is 0 Å². The maximum atomic E-state index is 10.4. The van der Waals surface area contributed by atoms with Crippen molar-refractivity contribution < 1.29 is 14.3 Å². The van der Waals surface area contributed by atoms with Crippen LogP contribution in [-0.2, 0) is 0 Å². The summed E-state index contributed by atoms with van der Waals surface area (Å²) in [7, 11) is 0. The molecule has 0 radical (unpaired) electrons. The molecule has 0 bridgehead atoms. The first-order valence-corrected chi connectivity index (χ1v) is 3.48. The molecule has 1 unspecified atom stereocenters. The van der Waals surface area contributed by atoms with Crippen molar-refractivity contribution in [1.29, 1.82) is 0 Å². The van der Waals surface area contributed by atoms with Crippen molar-refractivity contribution in [2.45, 2.75) is 6.41 Å². The second kappa shape index (κ2) is 2.49. The highest BCUT2D eigenvalue weighted by Crippen LogP contribution is 2.33. The highest BCUT2D eigenvalue weighted by atomic mass is 16.7. The van der Waals surface area contributed by atoms with E-state index in [4.69, 9.17) is 15.2 Å². The van der Waals surface area contributed by atoms with Gasteiger partial charge in [0.25, 0.3) is 6.41 Å². The van der Waals surface area contributed by atoms with Gasteiger partial charge < -0.3 is 9.47 Å². The van der Waals surface area contributed by atoms with Gasteiger partial charge in [0.1, 0.15) is 6.29 Å². The van der Waals surface area contributed by atoms with Crippen molar-refractivity contribution in [2.75, 3.05) is 0 Å². The summed E-state index contributed by atoms with van der Waals surface area (Å²) < 4.78 is 10.1. The largest absolute Gasteiger partial charge is 0.438 e. The van der Waals surface area contributed by atoms with E-state index in [0.29, 0.717) is 17.1 Å². The summed E-state index contributed by atoms with van der Waals surface area (Å²) in [4.78, 5) is 10.4. The molecule has 0 aromatic heterocycles. The van der Waals surface area contributed by atoms with Crippen LogP contribution in [0.3, 0.4) is 0 Å². The molecule has 62 valence electrons. The van der Waals surface area contributed by atoms with Crippen molar-refractivity contribution in [3.8, 4) is 11.5 Å². The van der Waals surface area contributed by atoms with Crippen LogP contribution in [0.5, 0.6) is 11.5 Å². The average molecular weight is 165 g/mol. The van der Waals surface area contributed by atoms with Gasteiger partial charge in [-0.2, -0.15) is 0 Å². The van der Waals surface area contributed by atoms with Gasteiger partial charge in [-0.25, -0.2) is 0 Å². The maximum Gasteiger partial charge on any atom is 0.300 e. The van der Waals surface area contributed by atoms with E-state index in [0.717, 1.165) is 6.29 Å². The number of benzene rings is 1. The fraction of sp³-hybridized carbons (Fsp3) is 0.125. The molecule has 1 aliphatic heterocycles. The predicted octanol–water partition coefficient (Wildman–Crippen LogP) is 0.513. The van der Waals surface area contributed by atoms with Gasteiger partial charge in [-0.1, -0.05) is 0 Å². The monoisotopic (exact) mass is 165 g/mol. The predicted molar refractivity (Wildman–Crippen MR) is 41.1 cm³/mol. The average Bonchev–Trinajstić information content (AvgIpc) is 2.43. The number of carbonyl (C=O) groups excluding carboxylic acids is 1. The highest BCUT2D eigenvalue weighted by molar-refractivity contribution is 5.76. The second-order valence-corrected chi connectivity index (χ2v) is 2.43. The molecule has 1 atom stereocenters. The first-order chi connectivity index (χ1) is 5.79. The third-order valence-electron chi connectivity index (χ3n) is 1.59. The summed E-state index contributed by atoms with van der Waals surface area (Å²) in [6.07, 6.45) is -0.00470. The van der Waals surface area contributed by atoms with Crippen LogP contribution in [0.25, 0.3) is 0 Å². The second-order valence-electron chi connectivity index (χ2n) is 2.43. The number of carbonyl (C=O) groups is 1. The van der Waals surface area contributed by atoms with E-state index in [1.165, 1.54) is 0 Å². The minimum atomic E-state index is -0.748. The molecule has 4 heteroatoms. The van der Waals surface area contributed by atoms with Crippen molar-refractivity contribution in [1.82, 2.24) is 0 Å². The number of hydrogen-bond donors (Lipinski definition) is 1. The van der Waals surface area contributed by atoms with Crippen LogP contribution < -0.4 is 15.2 Å². The maximum absolute atomic E-state index is 10.4. The fourth-order valence-corrected chi connectivity index (χ4v) is 1.06. The van der Waals surface area contributed by atoms with Crippen LogP contribution in [0.15, 0.2) is 18.2 Å². The summed E-state index contributed by atoms with van der Waals surface area (Å²) in [5, 5.41) is 0. The van der Waals surface area contributed by atoms with E-state index in [-0.39, 0.29) is 0 Å². The van der Waals surface area contributed by atoms with Gasteiger partial charge >= 0.3 is 0 Å². The SMILES string of the molecule is NC1Oc2ccc(C=O)cc2O1. The number of fused-ring (bicyclic) bond motifs is 1. The van der Waals surface area contributed by atoms with Crippen LogP contribution in [0.2, 0.25) is 0 Å². The van der Waals surface area contributed by atoms with Gasteiger partial charge in [0, 0.05) is 5.56 Å². The molecular weight excluding hydrogens is 158 g/mol. The zero-order chi connectivity index (χ0) is 8.55. The summed E-state index contributed by atoms with van der Waals surface area (Å²) in [6.45, 7) is 0. The molecule has 4 nitrogen and oxygen atoms in total. The van der Waals surface area contributed by atoms with Gasteiger partial charge in [-0.15, -0.1) is 0 Å². The Morgan fingerprint density at radius 2 is 2.08 bits per heavy atom. The summed E-state index contributed by atoms with van der Waals surface area (Å²) in [5.74, 6) is 1.10. The van der Waals surface area contributed by atoms with Gasteiger partial charge in [-0.3, -0.25) is 10.5 Å². The third kappa shape index (κ3) is 1.02. The van der Waals surface area contributed by atoms with Crippen molar-refractivity contribution >= 4 is 6.29 Å². The first-order valence-electron chi connectivity index (χ1n) is 3.48. The first kappa shape index (κ1) is 7.12. The molecule has 0 amide bonds. The van der Waals surface area contributed by atoms with Crippen molar-refractivity contribution in [2.24, 2.45) is 5.73 Å². The minimum absolute atomic E-state index is 0.520. The Balaban J connectivity index is 2.41. The van der Waals surface area contributed by atoms with E-state index in [1.807, 2.05) is 0 Å². The van der Waals surface area contributed by atoms with Crippen molar-refractivity contribution in [3.63, 3.8) is 0 Å². The Labute approximate surface area is 68.9 Å². The molecule has 0 fully saturated rings. The number of rotatable bonds is 1. The van der Waals surface area contributed by atoms with Gasteiger partial charge in [-0.05, 0) is 18.2 Å². The summed E-state index contributed by atoms with van der Waals surface area (Å²) in [6, 6.07) is 4.90. The van der Waals surface area contributed by atoms with Crippen molar-refractivity contribution in [3.05, 3.63) is 23.8 Å². The Morgan fingerprint density at radius 1 is 1.33 bits per heavy atom. The smallest absolute Gasteiger partial charge is 0.300 e. The Bertz CT molecular complexity index is 324. The lowest BCUT2D eigenvalue weighted by Gasteiger charge is -1.99. The number of ether oxygens (including phenoxy) is 2. The molecule has 0 spiro atoms. The molecule has 1 aliphatic rings. The lowest BCUT2D eigenvalue weighted by Crippen LogP contribution is -2.28. The van der Waals surface area contributed by atoms with Crippen LogP contribution in [-0.4, -0.2) is 12.7 Å². The molecule has 1 aromatic carbocycles. The van der Waals surface area contributed by atoms with E-state index in [9.17, 15) is 4.79 Å². The zero-order valence-electron chi connectivity index (χ0n) is 6.19. The fourth-order valence-electron chi connectivity index (χ4n) is 1.06. The Kier molecular flexibility index (Phi) is 1.48. The van der Waals surface area contributed by atoms with E-state index >= 15 is 0 Å². The highest BCUT2D eigenvalue weighted by Gasteiger charge is 2.20. The number of hydrogen-bond acceptors (Lipinski definition) is 4. The Hall–Kier alpha value is -1.55. The van der Waals surface area contributed by atoms with Gasteiger partial charge in [0.2, 0.25) is 0 Å². The molecule has 0 aliphatic carbocycles. The molecular formula is C8H7NO3. The standard InChI is InChI=1S/C8H7NO3/c9-8-11-6-2-1-5(4-10)3-7(6)12-8/h1-4,8H,9H2. The number of aldehydes is 1. The normalized spacial score (nSPS) is 19.2. The third-order valence-corrected chi connectivity index (χ3v) is 1.59. The van der Waals surface area contributed by atoms with Crippen LogP contribution in [0.4, 0.5) is 0 Å². The lowest BCUT2D eigenvalue weighted by atomic mass is 10.2. The zero-order valence-corrected chi connectivity index (χ0v) is 6.19.